The monoisotopic (exact) mass is 250 g/mol. The van der Waals surface area contributed by atoms with Crippen molar-refractivity contribution in [3.63, 3.8) is 0 Å². The Morgan fingerprint density at radius 2 is 2.11 bits per heavy atom. The van der Waals surface area contributed by atoms with Gasteiger partial charge in [-0.25, -0.2) is 0 Å². The molecular formula is C13H18N2O3. The van der Waals surface area contributed by atoms with Gasteiger partial charge >= 0.3 is 5.97 Å². The van der Waals surface area contributed by atoms with Crippen LogP contribution in [0, 0.1) is 0 Å². The highest BCUT2D eigenvalue weighted by molar-refractivity contribution is 5.92. The summed E-state index contributed by atoms with van der Waals surface area (Å²) in [5.41, 5.74) is 6.70. The molecule has 98 valence electrons. The Bertz CT molecular complexity index is 432. The van der Waals surface area contributed by atoms with Crippen LogP contribution in [-0.4, -0.2) is 37.5 Å². The zero-order chi connectivity index (χ0) is 13.5. The molecule has 0 unspecified atom stereocenters. The van der Waals surface area contributed by atoms with Gasteiger partial charge in [-0.3, -0.25) is 9.59 Å². The molecule has 0 spiro atoms. The molecule has 18 heavy (non-hydrogen) atoms. The van der Waals surface area contributed by atoms with E-state index in [1.165, 1.54) is 7.11 Å². The number of amides is 1. The lowest BCUT2D eigenvalue weighted by Crippen LogP contribution is -2.22. The Balaban J connectivity index is 2.53. The van der Waals surface area contributed by atoms with Gasteiger partial charge in [-0.05, 0) is 24.7 Å². The Morgan fingerprint density at radius 3 is 2.72 bits per heavy atom. The van der Waals surface area contributed by atoms with Gasteiger partial charge in [0.25, 0.3) is 0 Å². The van der Waals surface area contributed by atoms with Crippen molar-refractivity contribution in [1.29, 1.82) is 0 Å². The van der Waals surface area contributed by atoms with Crippen LogP contribution in [0.25, 0.3) is 0 Å². The topological polar surface area (TPSA) is 72.6 Å². The van der Waals surface area contributed by atoms with Crippen molar-refractivity contribution >= 4 is 11.9 Å². The third kappa shape index (κ3) is 4.55. The van der Waals surface area contributed by atoms with Crippen molar-refractivity contribution in [3.8, 4) is 0 Å². The van der Waals surface area contributed by atoms with Crippen LogP contribution in [0.15, 0.2) is 24.3 Å². The Labute approximate surface area is 107 Å². The van der Waals surface area contributed by atoms with Gasteiger partial charge in [0, 0.05) is 18.7 Å². The predicted octanol–water partition coefficient (Wildman–Crippen LogP) is 0.780. The number of rotatable bonds is 6. The van der Waals surface area contributed by atoms with Crippen LogP contribution in [-0.2, 0) is 16.1 Å². The quantitative estimate of drug-likeness (QED) is 0.757. The molecule has 0 radical (unpaired) electrons. The van der Waals surface area contributed by atoms with E-state index in [4.69, 9.17) is 5.73 Å². The second-order valence-corrected chi connectivity index (χ2v) is 4.13. The number of methoxy groups -OCH3 is 1. The number of carbonyl (C=O) groups is 2. The van der Waals surface area contributed by atoms with Crippen LogP contribution in [0.5, 0.6) is 0 Å². The summed E-state index contributed by atoms with van der Waals surface area (Å²) < 4.78 is 4.57. The van der Waals surface area contributed by atoms with Gasteiger partial charge < -0.3 is 15.4 Å². The van der Waals surface area contributed by atoms with E-state index in [2.05, 4.69) is 4.74 Å². The van der Waals surface area contributed by atoms with Gasteiger partial charge in [-0.15, -0.1) is 0 Å². The Hall–Kier alpha value is -1.88. The molecule has 0 heterocycles. The first kappa shape index (κ1) is 14.2. The van der Waals surface area contributed by atoms with Gasteiger partial charge in [0.15, 0.2) is 0 Å². The summed E-state index contributed by atoms with van der Waals surface area (Å²) in [6.07, 6.45) is 0.350. The largest absolute Gasteiger partial charge is 0.469 e. The molecule has 0 aliphatic heterocycles. The van der Waals surface area contributed by atoms with Crippen molar-refractivity contribution < 1.29 is 14.3 Å². The zero-order valence-corrected chi connectivity index (χ0v) is 10.7. The van der Waals surface area contributed by atoms with Crippen molar-refractivity contribution in [3.05, 3.63) is 35.4 Å². The first-order chi connectivity index (χ1) is 8.52. The average molecular weight is 250 g/mol. The molecule has 0 fully saturated rings. The van der Waals surface area contributed by atoms with Crippen molar-refractivity contribution in [2.45, 2.75) is 13.0 Å². The maximum Gasteiger partial charge on any atom is 0.306 e. The number of ether oxygens (including phenoxy) is 1. The second kappa shape index (κ2) is 6.76. The average Bonchev–Trinajstić information content (AvgIpc) is 2.36. The highest BCUT2D eigenvalue weighted by atomic mass is 16.5. The fraction of sp³-hybridized carbons (Fsp3) is 0.385. The molecule has 0 aliphatic rings. The lowest BCUT2D eigenvalue weighted by Gasteiger charge is -2.16. The van der Waals surface area contributed by atoms with Gasteiger partial charge in [-0.1, -0.05) is 12.1 Å². The number of nitrogens with zero attached hydrogens (tertiary/aromatic N) is 1. The molecule has 5 heteroatoms. The summed E-state index contributed by atoms with van der Waals surface area (Å²) in [7, 11) is 3.28. The predicted molar refractivity (Wildman–Crippen MR) is 67.9 cm³/mol. The first-order valence-corrected chi connectivity index (χ1v) is 5.67. The third-order valence-electron chi connectivity index (χ3n) is 2.59. The summed E-state index contributed by atoms with van der Waals surface area (Å²) >= 11 is 0. The minimum absolute atomic E-state index is 0.229. The maximum atomic E-state index is 11.0. The van der Waals surface area contributed by atoms with E-state index in [1.54, 1.807) is 18.2 Å². The molecule has 0 aliphatic carbocycles. The number of benzene rings is 1. The van der Waals surface area contributed by atoms with E-state index in [1.807, 2.05) is 18.0 Å². The van der Waals surface area contributed by atoms with E-state index < -0.39 is 5.91 Å². The molecule has 1 aromatic carbocycles. The number of nitrogens with two attached hydrogens (primary N) is 1. The molecule has 5 nitrogen and oxygen atoms in total. The number of hydrogen-bond acceptors (Lipinski definition) is 4. The summed E-state index contributed by atoms with van der Waals surface area (Å²) in [5.74, 6) is -0.665. The SMILES string of the molecule is COC(=O)CCN(C)Cc1cccc(C(N)=O)c1. The van der Waals surface area contributed by atoms with E-state index in [-0.39, 0.29) is 5.97 Å². The normalized spacial score (nSPS) is 10.4. The molecule has 0 bridgehead atoms. The van der Waals surface area contributed by atoms with Crippen LogP contribution < -0.4 is 5.73 Å². The second-order valence-electron chi connectivity index (χ2n) is 4.13. The molecule has 1 amide bonds. The number of carbonyl (C=O) groups excluding carboxylic acids is 2. The smallest absolute Gasteiger partial charge is 0.306 e. The van der Waals surface area contributed by atoms with Gasteiger partial charge in [0.1, 0.15) is 0 Å². The molecule has 2 N–H and O–H groups in total. The van der Waals surface area contributed by atoms with Crippen LogP contribution in [0.4, 0.5) is 0 Å². The van der Waals surface area contributed by atoms with Gasteiger partial charge in [0.2, 0.25) is 5.91 Å². The number of primary amides is 1. The van der Waals surface area contributed by atoms with Crippen molar-refractivity contribution in [2.24, 2.45) is 5.73 Å². The summed E-state index contributed by atoms with van der Waals surface area (Å²) in [5, 5.41) is 0. The summed E-state index contributed by atoms with van der Waals surface area (Å²) in [6.45, 7) is 1.26. The molecule has 0 atom stereocenters. The molecule has 0 saturated carbocycles. The van der Waals surface area contributed by atoms with Crippen molar-refractivity contribution in [2.75, 3.05) is 20.7 Å². The number of esters is 1. The molecule has 0 saturated heterocycles. The first-order valence-electron chi connectivity index (χ1n) is 5.67. The van der Waals surface area contributed by atoms with E-state index in [0.717, 1.165) is 5.56 Å². The highest BCUT2D eigenvalue weighted by Crippen LogP contribution is 2.07. The van der Waals surface area contributed by atoms with Gasteiger partial charge in [0.05, 0.1) is 13.5 Å². The number of hydrogen-bond donors (Lipinski definition) is 1. The van der Waals surface area contributed by atoms with Crippen LogP contribution in [0.1, 0.15) is 22.3 Å². The minimum atomic E-state index is -0.436. The van der Waals surface area contributed by atoms with E-state index >= 15 is 0 Å². The van der Waals surface area contributed by atoms with Gasteiger partial charge in [-0.2, -0.15) is 0 Å². The summed E-state index contributed by atoms with van der Waals surface area (Å²) in [4.78, 5) is 24.0. The third-order valence-corrected chi connectivity index (χ3v) is 2.59. The lowest BCUT2D eigenvalue weighted by molar-refractivity contribution is -0.140. The standard InChI is InChI=1S/C13H18N2O3/c1-15(7-6-12(16)18-2)9-10-4-3-5-11(8-10)13(14)17/h3-5,8H,6-7,9H2,1-2H3,(H2,14,17). The summed E-state index contributed by atoms with van der Waals surface area (Å²) in [6, 6.07) is 7.15. The Kier molecular flexibility index (Phi) is 5.32. The van der Waals surface area contributed by atoms with Crippen LogP contribution >= 0.6 is 0 Å². The molecule has 0 aromatic heterocycles. The van der Waals surface area contributed by atoms with Crippen LogP contribution in [0.3, 0.4) is 0 Å². The zero-order valence-electron chi connectivity index (χ0n) is 10.7. The maximum absolute atomic E-state index is 11.0. The Morgan fingerprint density at radius 1 is 1.39 bits per heavy atom. The van der Waals surface area contributed by atoms with E-state index in [9.17, 15) is 9.59 Å². The minimum Gasteiger partial charge on any atom is -0.469 e. The molecular weight excluding hydrogens is 232 g/mol. The highest BCUT2D eigenvalue weighted by Gasteiger charge is 2.06. The molecule has 1 aromatic rings. The lowest BCUT2D eigenvalue weighted by atomic mass is 10.1. The van der Waals surface area contributed by atoms with Crippen molar-refractivity contribution in [1.82, 2.24) is 4.90 Å². The van der Waals surface area contributed by atoms with Crippen LogP contribution in [0.2, 0.25) is 0 Å². The van der Waals surface area contributed by atoms with E-state index in [0.29, 0.717) is 25.1 Å². The molecule has 1 rings (SSSR count). The fourth-order valence-corrected chi connectivity index (χ4v) is 1.60. The fourth-order valence-electron chi connectivity index (χ4n) is 1.60.